The van der Waals surface area contributed by atoms with Crippen molar-refractivity contribution in [2.45, 2.75) is 12.7 Å². The first-order valence-electron chi connectivity index (χ1n) is 8.25. The number of fused-ring (bicyclic) bond motifs is 1. The van der Waals surface area contributed by atoms with Crippen LogP contribution in [0.2, 0.25) is 0 Å². The van der Waals surface area contributed by atoms with Gasteiger partial charge in [0.2, 0.25) is 0 Å². The standard InChI is InChI=1S/C19H13F3N4OS/c20-19(21,22)14-4-1-3-12(9-14)17-25-24-16-7-6-13(11-26(16)17)18(27)23-10-15-5-2-8-28-15/h1-9,11H,10H2,(H,23,27). The highest BCUT2D eigenvalue weighted by Crippen LogP contribution is 2.31. The third kappa shape index (κ3) is 3.61. The first-order chi connectivity index (χ1) is 13.4. The topological polar surface area (TPSA) is 59.3 Å². The molecule has 0 fully saturated rings. The maximum absolute atomic E-state index is 13.0. The fourth-order valence-corrected chi connectivity index (χ4v) is 3.38. The molecule has 4 aromatic rings. The number of benzene rings is 1. The molecule has 0 unspecified atom stereocenters. The highest BCUT2D eigenvalue weighted by molar-refractivity contribution is 7.09. The molecule has 0 bridgehead atoms. The van der Waals surface area contributed by atoms with Crippen LogP contribution in [-0.4, -0.2) is 20.5 Å². The molecule has 1 aromatic carbocycles. The fraction of sp³-hybridized carbons (Fsp3) is 0.105. The van der Waals surface area contributed by atoms with Crippen LogP contribution in [0.25, 0.3) is 17.0 Å². The van der Waals surface area contributed by atoms with Crippen molar-refractivity contribution in [3.05, 3.63) is 76.1 Å². The van der Waals surface area contributed by atoms with Gasteiger partial charge >= 0.3 is 6.18 Å². The quantitative estimate of drug-likeness (QED) is 0.550. The van der Waals surface area contributed by atoms with E-state index in [1.54, 1.807) is 12.1 Å². The van der Waals surface area contributed by atoms with Gasteiger partial charge in [0.15, 0.2) is 11.5 Å². The number of rotatable bonds is 4. The zero-order chi connectivity index (χ0) is 19.7. The van der Waals surface area contributed by atoms with Crippen LogP contribution in [0.5, 0.6) is 0 Å². The Morgan fingerprint density at radius 2 is 1.96 bits per heavy atom. The Morgan fingerprint density at radius 1 is 1.11 bits per heavy atom. The number of carbonyl (C=O) groups excluding carboxylic acids is 1. The summed E-state index contributed by atoms with van der Waals surface area (Å²) in [6.07, 6.45) is -2.93. The van der Waals surface area contributed by atoms with E-state index in [1.165, 1.54) is 34.1 Å². The second kappa shape index (κ2) is 7.08. The summed E-state index contributed by atoms with van der Waals surface area (Å²) in [5.41, 5.74) is 0.282. The van der Waals surface area contributed by atoms with Gasteiger partial charge in [0.1, 0.15) is 0 Å². The van der Waals surface area contributed by atoms with Gasteiger partial charge in [-0.25, -0.2) is 0 Å². The molecule has 28 heavy (non-hydrogen) atoms. The molecule has 0 radical (unpaired) electrons. The number of halogens is 3. The lowest BCUT2D eigenvalue weighted by atomic mass is 10.1. The predicted molar refractivity (Wildman–Crippen MR) is 98.9 cm³/mol. The maximum atomic E-state index is 13.0. The van der Waals surface area contributed by atoms with Crippen molar-refractivity contribution in [1.29, 1.82) is 0 Å². The number of hydrogen-bond donors (Lipinski definition) is 1. The number of nitrogens with one attached hydrogen (secondary N) is 1. The van der Waals surface area contributed by atoms with E-state index in [4.69, 9.17) is 0 Å². The van der Waals surface area contributed by atoms with Crippen LogP contribution >= 0.6 is 11.3 Å². The molecule has 0 aliphatic heterocycles. The number of carbonyl (C=O) groups is 1. The van der Waals surface area contributed by atoms with Crippen LogP contribution in [0.3, 0.4) is 0 Å². The van der Waals surface area contributed by atoms with Gasteiger partial charge in [-0.05, 0) is 35.7 Å². The summed E-state index contributed by atoms with van der Waals surface area (Å²) in [5, 5.41) is 12.7. The fourth-order valence-electron chi connectivity index (χ4n) is 2.74. The molecular formula is C19H13F3N4OS. The molecule has 0 atom stereocenters. The smallest absolute Gasteiger partial charge is 0.347 e. The molecule has 0 aliphatic rings. The van der Waals surface area contributed by atoms with Crippen LogP contribution < -0.4 is 5.32 Å². The van der Waals surface area contributed by atoms with Gasteiger partial charge in [-0.15, -0.1) is 21.5 Å². The zero-order valence-corrected chi connectivity index (χ0v) is 15.1. The largest absolute Gasteiger partial charge is 0.416 e. The second-order valence-electron chi connectivity index (χ2n) is 6.01. The van der Waals surface area contributed by atoms with Crippen molar-refractivity contribution in [2.75, 3.05) is 0 Å². The van der Waals surface area contributed by atoms with E-state index in [-0.39, 0.29) is 17.3 Å². The molecule has 0 saturated carbocycles. The van der Waals surface area contributed by atoms with E-state index in [1.807, 2.05) is 17.5 Å². The lowest BCUT2D eigenvalue weighted by molar-refractivity contribution is -0.137. The third-order valence-electron chi connectivity index (χ3n) is 4.12. The average molecular weight is 402 g/mol. The highest BCUT2D eigenvalue weighted by atomic mass is 32.1. The summed E-state index contributed by atoms with van der Waals surface area (Å²) in [6, 6.07) is 11.9. The minimum Gasteiger partial charge on any atom is -0.347 e. The van der Waals surface area contributed by atoms with Gasteiger partial charge in [-0.1, -0.05) is 18.2 Å². The zero-order valence-electron chi connectivity index (χ0n) is 14.3. The van der Waals surface area contributed by atoms with Crippen molar-refractivity contribution in [1.82, 2.24) is 19.9 Å². The van der Waals surface area contributed by atoms with Gasteiger partial charge in [0, 0.05) is 16.6 Å². The maximum Gasteiger partial charge on any atom is 0.416 e. The summed E-state index contributed by atoms with van der Waals surface area (Å²) in [5.74, 6) is -0.0620. The molecule has 1 amide bonds. The summed E-state index contributed by atoms with van der Waals surface area (Å²) in [4.78, 5) is 13.4. The summed E-state index contributed by atoms with van der Waals surface area (Å²) < 4.78 is 40.5. The Balaban J connectivity index is 1.66. The van der Waals surface area contributed by atoms with E-state index in [0.717, 1.165) is 17.0 Å². The van der Waals surface area contributed by atoms with Gasteiger partial charge in [0.05, 0.1) is 17.7 Å². The third-order valence-corrected chi connectivity index (χ3v) is 4.99. The van der Waals surface area contributed by atoms with Crippen molar-refractivity contribution in [3.63, 3.8) is 0 Å². The van der Waals surface area contributed by atoms with Crippen LogP contribution in [-0.2, 0) is 12.7 Å². The molecule has 0 spiro atoms. The molecule has 0 saturated heterocycles. The molecule has 1 N–H and O–H groups in total. The number of pyridine rings is 1. The number of hydrogen-bond acceptors (Lipinski definition) is 4. The molecule has 3 heterocycles. The molecule has 0 aliphatic carbocycles. The Kier molecular flexibility index (Phi) is 4.60. The first-order valence-corrected chi connectivity index (χ1v) is 9.13. The monoisotopic (exact) mass is 402 g/mol. The highest BCUT2D eigenvalue weighted by Gasteiger charge is 2.30. The number of aromatic nitrogens is 3. The average Bonchev–Trinajstić information content (AvgIpc) is 3.34. The second-order valence-corrected chi connectivity index (χ2v) is 7.04. The van der Waals surface area contributed by atoms with E-state index in [9.17, 15) is 18.0 Å². The first kappa shape index (κ1) is 18.2. The molecule has 9 heteroatoms. The summed E-state index contributed by atoms with van der Waals surface area (Å²) in [6.45, 7) is 0.400. The minimum atomic E-state index is -4.46. The summed E-state index contributed by atoms with van der Waals surface area (Å²) in [7, 11) is 0. The van der Waals surface area contributed by atoms with Crippen LogP contribution in [0, 0.1) is 0 Å². The molecule has 5 nitrogen and oxygen atoms in total. The van der Waals surface area contributed by atoms with E-state index in [0.29, 0.717) is 17.8 Å². The van der Waals surface area contributed by atoms with Crippen molar-refractivity contribution in [2.24, 2.45) is 0 Å². The number of alkyl halides is 3. The van der Waals surface area contributed by atoms with Gasteiger partial charge in [-0.2, -0.15) is 13.2 Å². The van der Waals surface area contributed by atoms with Crippen molar-refractivity contribution in [3.8, 4) is 11.4 Å². The minimum absolute atomic E-state index is 0.231. The molecule has 3 aromatic heterocycles. The number of amides is 1. The van der Waals surface area contributed by atoms with Gasteiger partial charge < -0.3 is 5.32 Å². The van der Waals surface area contributed by atoms with Crippen LogP contribution in [0.15, 0.2) is 60.1 Å². The normalized spacial score (nSPS) is 11.7. The summed E-state index contributed by atoms with van der Waals surface area (Å²) >= 11 is 1.54. The number of thiophene rings is 1. The van der Waals surface area contributed by atoms with Crippen molar-refractivity contribution >= 4 is 22.9 Å². The van der Waals surface area contributed by atoms with Crippen LogP contribution in [0.4, 0.5) is 13.2 Å². The Labute approximate surface area is 161 Å². The Morgan fingerprint density at radius 3 is 2.71 bits per heavy atom. The molecule has 142 valence electrons. The van der Waals surface area contributed by atoms with E-state index < -0.39 is 11.7 Å². The number of nitrogens with zero attached hydrogens (tertiary/aromatic N) is 3. The molecular weight excluding hydrogens is 389 g/mol. The van der Waals surface area contributed by atoms with E-state index in [2.05, 4.69) is 15.5 Å². The van der Waals surface area contributed by atoms with Crippen LogP contribution in [0.1, 0.15) is 20.8 Å². The van der Waals surface area contributed by atoms with E-state index >= 15 is 0 Å². The van der Waals surface area contributed by atoms with Crippen molar-refractivity contribution < 1.29 is 18.0 Å². The Hall–Kier alpha value is -3.20. The molecule has 4 rings (SSSR count). The SMILES string of the molecule is O=C(NCc1cccs1)c1ccc2nnc(-c3cccc(C(F)(F)F)c3)n2c1. The lowest BCUT2D eigenvalue weighted by Gasteiger charge is -2.08. The van der Waals surface area contributed by atoms with Gasteiger partial charge in [-0.3, -0.25) is 9.20 Å². The lowest BCUT2D eigenvalue weighted by Crippen LogP contribution is -2.22. The Bertz CT molecular complexity index is 1140. The van der Waals surface area contributed by atoms with Gasteiger partial charge in [0.25, 0.3) is 5.91 Å². The predicted octanol–water partition coefficient (Wildman–Crippen LogP) is 4.41.